The molecule has 86 valence electrons. The van der Waals surface area contributed by atoms with Crippen LogP contribution in [0.5, 0.6) is 0 Å². The van der Waals surface area contributed by atoms with Gasteiger partial charge in [-0.05, 0) is 39.7 Å². The molecule has 0 spiro atoms. The summed E-state index contributed by atoms with van der Waals surface area (Å²) in [5.41, 5.74) is 5.39. The number of amides is 1. The number of piperidine rings is 1. The molecule has 2 aliphatic heterocycles. The van der Waals surface area contributed by atoms with Crippen molar-refractivity contribution < 1.29 is 4.79 Å². The maximum Gasteiger partial charge on any atom is 0.234 e. The number of rotatable bonds is 3. The zero-order valence-electron chi connectivity index (χ0n) is 9.57. The highest BCUT2D eigenvalue weighted by Crippen LogP contribution is 2.36. The van der Waals surface area contributed by atoms with E-state index in [9.17, 15) is 4.79 Å². The average molecular weight is 211 g/mol. The van der Waals surface area contributed by atoms with Gasteiger partial charge in [0.25, 0.3) is 0 Å². The van der Waals surface area contributed by atoms with Crippen molar-refractivity contribution in [1.29, 1.82) is 0 Å². The Morgan fingerprint density at radius 3 is 2.33 bits per heavy atom. The van der Waals surface area contributed by atoms with Gasteiger partial charge in [0.15, 0.2) is 0 Å². The molecule has 0 radical (unpaired) electrons. The summed E-state index contributed by atoms with van der Waals surface area (Å²) < 4.78 is 0. The van der Waals surface area contributed by atoms with Crippen molar-refractivity contribution in [2.75, 3.05) is 7.05 Å². The topological polar surface area (TPSA) is 58.4 Å². The third-order valence-electron chi connectivity index (χ3n) is 4.06. The second-order valence-electron chi connectivity index (χ2n) is 4.87. The second-order valence-corrected chi connectivity index (χ2v) is 4.87. The van der Waals surface area contributed by atoms with Crippen LogP contribution in [0, 0.1) is 0 Å². The number of carbonyl (C=O) groups excluding carboxylic acids is 1. The minimum Gasteiger partial charge on any atom is -0.368 e. The average Bonchev–Trinajstić information content (AvgIpc) is 2.47. The third kappa shape index (κ3) is 1.88. The summed E-state index contributed by atoms with van der Waals surface area (Å²) in [7, 11) is 2.03. The molecule has 4 heteroatoms. The van der Waals surface area contributed by atoms with Crippen LogP contribution in [-0.2, 0) is 4.79 Å². The van der Waals surface area contributed by atoms with Gasteiger partial charge < -0.3 is 11.1 Å². The van der Waals surface area contributed by atoms with Gasteiger partial charge in [-0.25, -0.2) is 0 Å². The van der Waals surface area contributed by atoms with E-state index in [0.29, 0.717) is 18.1 Å². The van der Waals surface area contributed by atoms with E-state index in [2.05, 4.69) is 10.2 Å². The lowest BCUT2D eigenvalue weighted by atomic mass is 9.96. The summed E-state index contributed by atoms with van der Waals surface area (Å²) in [5.74, 6) is -0.185. The highest BCUT2D eigenvalue weighted by Gasteiger charge is 2.43. The van der Waals surface area contributed by atoms with E-state index >= 15 is 0 Å². The van der Waals surface area contributed by atoms with Gasteiger partial charge >= 0.3 is 0 Å². The first-order valence-electron chi connectivity index (χ1n) is 5.87. The Bertz CT molecular complexity index is 242. The lowest BCUT2D eigenvalue weighted by molar-refractivity contribution is -0.124. The zero-order valence-corrected chi connectivity index (χ0v) is 9.57. The van der Waals surface area contributed by atoms with Crippen molar-refractivity contribution in [3.05, 3.63) is 0 Å². The first-order chi connectivity index (χ1) is 7.13. The fraction of sp³-hybridized carbons (Fsp3) is 0.909. The third-order valence-corrected chi connectivity index (χ3v) is 4.06. The van der Waals surface area contributed by atoms with Gasteiger partial charge in [0, 0.05) is 18.1 Å². The molecule has 2 fully saturated rings. The molecule has 2 heterocycles. The molecule has 1 amide bonds. The van der Waals surface area contributed by atoms with Crippen LogP contribution in [0.4, 0.5) is 0 Å². The SMILES string of the molecule is CNC1CC2CCC(C1)N2C(C)C(N)=O. The van der Waals surface area contributed by atoms with Gasteiger partial charge in [0.05, 0.1) is 6.04 Å². The maximum atomic E-state index is 11.2. The summed E-state index contributed by atoms with van der Waals surface area (Å²) in [5, 5.41) is 3.35. The van der Waals surface area contributed by atoms with Gasteiger partial charge in [-0.2, -0.15) is 0 Å². The van der Waals surface area contributed by atoms with Gasteiger partial charge in [-0.1, -0.05) is 0 Å². The minimum atomic E-state index is -0.185. The first-order valence-corrected chi connectivity index (χ1v) is 5.87. The molecule has 0 aromatic carbocycles. The Morgan fingerprint density at radius 1 is 1.40 bits per heavy atom. The van der Waals surface area contributed by atoms with Crippen LogP contribution in [0.15, 0.2) is 0 Å². The predicted molar refractivity (Wildman–Crippen MR) is 59.4 cm³/mol. The van der Waals surface area contributed by atoms with Crippen molar-refractivity contribution in [1.82, 2.24) is 10.2 Å². The molecule has 2 bridgehead atoms. The summed E-state index contributed by atoms with van der Waals surface area (Å²) in [4.78, 5) is 13.6. The molecule has 15 heavy (non-hydrogen) atoms. The van der Waals surface area contributed by atoms with Crippen LogP contribution in [0.3, 0.4) is 0 Å². The molecular formula is C11H21N3O. The molecule has 2 saturated heterocycles. The Labute approximate surface area is 91.2 Å². The molecule has 2 aliphatic rings. The summed E-state index contributed by atoms with van der Waals surface area (Å²) in [6, 6.07) is 1.64. The number of carbonyl (C=O) groups is 1. The maximum absolute atomic E-state index is 11.2. The molecule has 3 N–H and O–H groups in total. The van der Waals surface area contributed by atoms with E-state index in [1.54, 1.807) is 0 Å². The van der Waals surface area contributed by atoms with E-state index in [4.69, 9.17) is 5.73 Å². The van der Waals surface area contributed by atoms with E-state index in [-0.39, 0.29) is 11.9 Å². The van der Waals surface area contributed by atoms with Crippen LogP contribution in [-0.4, -0.2) is 42.0 Å². The van der Waals surface area contributed by atoms with E-state index in [1.807, 2.05) is 14.0 Å². The van der Waals surface area contributed by atoms with E-state index in [0.717, 1.165) is 12.8 Å². The second kappa shape index (κ2) is 4.10. The van der Waals surface area contributed by atoms with E-state index in [1.165, 1.54) is 12.8 Å². The molecule has 4 nitrogen and oxygen atoms in total. The molecule has 0 aromatic heterocycles. The summed E-state index contributed by atoms with van der Waals surface area (Å²) in [6.45, 7) is 1.94. The molecule has 0 saturated carbocycles. The quantitative estimate of drug-likeness (QED) is 0.695. The van der Waals surface area contributed by atoms with Gasteiger partial charge in [-0.3, -0.25) is 9.69 Å². The van der Waals surface area contributed by atoms with Crippen LogP contribution in [0.1, 0.15) is 32.6 Å². The monoisotopic (exact) mass is 211 g/mol. The van der Waals surface area contributed by atoms with Crippen LogP contribution < -0.4 is 11.1 Å². The number of hydrogen-bond acceptors (Lipinski definition) is 3. The summed E-state index contributed by atoms with van der Waals surface area (Å²) >= 11 is 0. The molecule has 0 aliphatic carbocycles. The molecule has 0 aromatic rings. The first kappa shape index (κ1) is 10.9. The van der Waals surface area contributed by atoms with Crippen molar-refractivity contribution in [3.8, 4) is 0 Å². The lowest BCUT2D eigenvalue weighted by Gasteiger charge is -2.41. The summed E-state index contributed by atoms with van der Waals surface area (Å²) in [6.07, 6.45) is 4.76. The highest BCUT2D eigenvalue weighted by molar-refractivity contribution is 5.79. The minimum absolute atomic E-state index is 0.0969. The van der Waals surface area contributed by atoms with Crippen molar-refractivity contribution >= 4 is 5.91 Å². The Balaban J connectivity index is 2.07. The normalized spacial score (nSPS) is 37.9. The predicted octanol–water partition coefficient (Wildman–Crippen LogP) is 0.0750. The Kier molecular flexibility index (Phi) is 2.98. The Hall–Kier alpha value is -0.610. The lowest BCUT2D eigenvalue weighted by Crippen LogP contribution is -2.55. The molecule has 3 atom stereocenters. The highest BCUT2D eigenvalue weighted by atomic mass is 16.1. The van der Waals surface area contributed by atoms with Gasteiger partial charge in [-0.15, -0.1) is 0 Å². The number of hydrogen-bond donors (Lipinski definition) is 2. The molecular weight excluding hydrogens is 190 g/mol. The Morgan fingerprint density at radius 2 is 1.93 bits per heavy atom. The van der Waals surface area contributed by atoms with E-state index < -0.39 is 0 Å². The largest absolute Gasteiger partial charge is 0.368 e. The van der Waals surface area contributed by atoms with Crippen molar-refractivity contribution in [3.63, 3.8) is 0 Å². The number of primary amides is 1. The van der Waals surface area contributed by atoms with Crippen LogP contribution >= 0.6 is 0 Å². The fourth-order valence-corrected chi connectivity index (χ4v) is 3.23. The standard InChI is InChI=1S/C11H21N3O/c1-7(11(12)15)14-9-3-4-10(14)6-8(5-9)13-2/h7-10,13H,3-6H2,1-2H3,(H2,12,15). The van der Waals surface area contributed by atoms with Crippen LogP contribution in [0.2, 0.25) is 0 Å². The molecule has 3 unspecified atom stereocenters. The smallest absolute Gasteiger partial charge is 0.234 e. The molecule has 2 rings (SSSR count). The number of nitrogens with zero attached hydrogens (tertiary/aromatic N) is 1. The van der Waals surface area contributed by atoms with Gasteiger partial charge in [0.1, 0.15) is 0 Å². The van der Waals surface area contributed by atoms with Crippen LogP contribution in [0.25, 0.3) is 0 Å². The number of fused-ring (bicyclic) bond motifs is 2. The number of nitrogens with two attached hydrogens (primary N) is 1. The number of nitrogens with one attached hydrogen (secondary N) is 1. The van der Waals surface area contributed by atoms with Crippen molar-refractivity contribution in [2.45, 2.75) is 56.8 Å². The van der Waals surface area contributed by atoms with Crippen molar-refractivity contribution in [2.24, 2.45) is 5.73 Å². The fourth-order valence-electron chi connectivity index (χ4n) is 3.23. The zero-order chi connectivity index (χ0) is 11.0. The van der Waals surface area contributed by atoms with Gasteiger partial charge in [0.2, 0.25) is 5.91 Å².